The van der Waals surface area contributed by atoms with Crippen LogP contribution in [0.1, 0.15) is 33.1 Å². The Morgan fingerprint density at radius 3 is 2.59 bits per heavy atom. The molecular formula is C14H22ClN3O3S. The van der Waals surface area contributed by atoms with Crippen LogP contribution in [0.5, 0.6) is 0 Å². The first-order chi connectivity index (χ1) is 9.77. The van der Waals surface area contributed by atoms with E-state index >= 15 is 0 Å². The Bertz CT molecular complexity index is 644. The predicted octanol–water partition coefficient (Wildman–Crippen LogP) is 1.61. The molecule has 1 aliphatic carbocycles. The molecule has 0 bridgehead atoms. The zero-order chi connectivity index (χ0) is 15.7. The van der Waals surface area contributed by atoms with Gasteiger partial charge in [-0.15, -0.1) is 12.4 Å². The van der Waals surface area contributed by atoms with E-state index in [1.54, 1.807) is 19.1 Å². The standard InChI is InChI=1S/C14H21N3O3S.ClH/c1-3-10(2)17-21(19,20)12-6-4-5-11(9-12)16-13(18)14(15)7-8-14;/h4-6,9-10,17H,3,7-8,15H2,1-2H3,(H,16,18);1H. The van der Waals surface area contributed by atoms with Gasteiger partial charge in [0.25, 0.3) is 0 Å². The van der Waals surface area contributed by atoms with Crippen molar-refractivity contribution in [2.45, 2.75) is 49.6 Å². The molecule has 0 aliphatic heterocycles. The van der Waals surface area contributed by atoms with E-state index < -0.39 is 15.6 Å². The molecule has 0 saturated heterocycles. The maximum Gasteiger partial charge on any atom is 0.244 e. The lowest BCUT2D eigenvalue weighted by molar-refractivity contribution is -0.118. The van der Waals surface area contributed by atoms with E-state index in [1.165, 1.54) is 12.1 Å². The molecule has 0 heterocycles. The summed E-state index contributed by atoms with van der Waals surface area (Å²) in [5.41, 5.74) is 5.45. The minimum Gasteiger partial charge on any atom is -0.324 e. The van der Waals surface area contributed by atoms with E-state index in [4.69, 9.17) is 5.73 Å². The van der Waals surface area contributed by atoms with Gasteiger partial charge in [0.2, 0.25) is 15.9 Å². The minimum atomic E-state index is -3.58. The van der Waals surface area contributed by atoms with Crippen molar-refractivity contribution in [3.05, 3.63) is 24.3 Å². The van der Waals surface area contributed by atoms with Crippen LogP contribution in [-0.4, -0.2) is 25.9 Å². The van der Waals surface area contributed by atoms with Crippen LogP contribution in [-0.2, 0) is 14.8 Å². The van der Waals surface area contributed by atoms with E-state index in [0.29, 0.717) is 24.9 Å². The van der Waals surface area contributed by atoms with Crippen LogP contribution >= 0.6 is 12.4 Å². The third-order valence-corrected chi connectivity index (χ3v) is 5.20. The summed E-state index contributed by atoms with van der Waals surface area (Å²) in [5, 5.41) is 2.67. The predicted molar refractivity (Wildman–Crippen MR) is 88.5 cm³/mol. The third-order valence-electron chi connectivity index (χ3n) is 3.61. The number of nitrogens with two attached hydrogens (primary N) is 1. The molecule has 1 atom stereocenters. The first-order valence-corrected chi connectivity index (χ1v) is 8.48. The number of hydrogen-bond donors (Lipinski definition) is 3. The molecule has 1 saturated carbocycles. The molecule has 0 spiro atoms. The number of hydrogen-bond acceptors (Lipinski definition) is 4. The van der Waals surface area contributed by atoms with Gasteiger partial charge < -0.3 is 11.1 Å². The number of carbonyl (C=O) groups excluding carboxylic acids is 1. The molecule has 22 heavy (non-hydrogen) atoms. The van der Waals surface area contributed by atoms with Crippen LogP contribution in [0.4, 0.5) is 5.69 Å². The zero-order valence-corrected chi connectivity index (χ0v) is 14.3. The summed E-state index contributed by atoms with van der Waals surface area (Å²) in [6, 6.07) is 6.03. The van der Waals surface area contributed by atoms with E-state index in [2.05, 4.69) is 10.0 Å². The van der Waals surface area contributed by atoms with Crippen molar-refractivity contribution >= 4 is 34.0 Å². The molecule has 1 aromatic carbocycles. The molecule has 8 heteroatoms. The van der Waals surface area contributed by atoms with Crippen molar-refractivity contribution < 1.29 is 13.2 Å². The van der Waals surface area contributed by atoms with Crippen LogP contribution in [0, 0.1) is 0 Å². The summed E-state index contributed by atoms with van der Waals surface area (Å²) in [6.45, 7) is 3.70. The Labute approximate surface area is 137 Å². The number of benzene rings is 1. The molecule has 0 aromatic heterocycles. The van der Waals surface area contributed by atoms with Crippen LogP contribution < -0.4 is 15.8 Å². The number of carbonyl (C=O) groups is 1. The summed E-state index contributed by atoms with van der Waals surface area (Å²) in [6.07, 6.45) is 2.02. The van der Waals surface area contributed by atoms with Gasteiger partial charge in [-0.2, -0.15) is 0 Å². The average molecular weight is 348 g/mol. The van der Waals surface area contributed by atoms with Crippen LogP contribution in [0.3, 0.4) is 0 Å². The molecule has 1 aromatic rings. The molecule has 1 fully saturated rings. The molecule has 4 N–H and O–H groups in total. The summed E-state index contributed by atoms with van der Waals surface area (Å²) < 4.78 is 27.0. The molecule has 124 valence electrons. The van der Waals surface area contributed by atoms with Gasteiger partial charge in [0, 0.05) is 11.7 Å². The molecular weight excluding hydrogens is 326 g/mol. The Morgan fingerprint density at radius 2 is 2.05 bits per heavy atom. The lowest BCUT2D eigenvalue weighted by atomic mass is 10.2. The summed E-state index contributed by atoms with van der Waals surface area (Å²) in [4.78, 5) is 12.0. The van der Waals surface area contributed by atoms with Gasteiger partial charge in [-0.3, -0.25) is 4.79 Å². The minimum absolute atomic E-state index is 0. The lowest BCUT2D eigenvalue weighted by Gasteiger charge is -2.14. The van der Waals surface area contributed by atoms with E-state index in [9.17, 15) is 13.2 Å². The SMILES string of the molecule is CCC(C)NS(=O)(=O)c1cccc(NC(=O)C2(N)CC2)c1.Cl. The molecule has 6 nitrogen and oxygen atoms in total. The smallest absolute Gasteiger partial charge is 0.244 e. The largest absolute Gasteiger partial charge is 0.324 e. The van der Waals surface area contributed by atoms with Gasteiger partial charge in [0.15, 0.2) is 0 Å². The van der Waals surface area contributed by atoms with Gasteiger partial charge in [0.05, 0.1) is 10.4 Å². The van der Waals surface area contributed by atoms with Crippen molar-refractivity contribution in [1.82, 2.24) is 4.72 Å². The highest BCUT2D eigenvalue weighted by Gasteiger charge is 2.45. The number of rotatable bonds is 6. The lowest BCUT2D eigenvalue weighted by Crippen LogP contribution is -2.37. The van der Waals surface area contributed by atoms with Gasteiger partial charge in [-0.25, -0.2) is 13.1 Å². The molecule has 1 unspecified atom stereocenters. The number of nitrogens with one attached hydrogen (secondary N) is 2. The fraction of sp³-hybridized carbons (Fsp3) is 0.500. The number of amides is 1. The Hall–Kier alpha value is -1.15. The summed E-state index contributed by atoms with van der Waals surface area (Å²) >= 11 is 0. The quantitative estimate of drug-likeness (QED) is 0.727. The Balaban J connectivity index is 0.00000242. The summed E-state index contributed by atoms with van der Waals surface area (Å²) in [7, 11) is -3.58. The first kappa shape index (κ1) is 18.9. The average Bonchev–Trinajstić information content (AvgIpc) is 3.18. The van der Waals surface area contributed by atoms with Crippen molar-refractivity contribution in [2.24, 2.45) is 5.73 Å². The Kier molecular flexibility index (Phi) is 5.97. The van der Waals surface area contributed by atoms with Crippen molar-refractivity contribution in [2.75, 3.05) is 5.32 Å². The first-order valence-electron chi connectivity index (χ1n) is 6.99. The van der Waals surface area contributed by atoms with Crippen LogP contribution in [0.15, 0.2) is 29.2 Å². The van der Waals surface area contributed by atoms with Crippen molar-refractivity contribution in [3.8, 4) is 0 Å². The highest BCUT2D eigenvalue weighted by molar-refractivity contribution is 7.89. The number of anilines is 1. The van der Waals surface area contributed by atoms with E-state index in [0.717, 1.165) is 0 Å². The molecule has 1 aliphatic rings. The number of sulfonamides is 1. The van der Waals surface area contributed by atoms with Gasteiger partial charge in [-0.1, -0.05) is 13.0 Å². The highest BCUT2D eigenvalue weighted by atomic mass is 35.5. The fourth-order valence-corrected chi connectivity index (χ4v) is 3.15. The maximum atomic E-state index is 12.2. The van der Waals surface area contributed by atoms with Gasteiger partial charge in [-0.05, 0) is 44.4 Å². The van der Waals surface area contributed by atoms with Crippen molar-refractivity contribution in [1.29, 1.82) is 0 Å². The zero-order valence-electron chi connectivity index (χ0n) is 12.6. The van der Waals surface area contributed by atoms with Crippen LogP contribution in [0.2, 0.25) is 0 Å². The number of halogens is 1. The Morgan fingerprint density at radius 1 is 1.41 bits per heavy atom. The van der Waals surface area contributed by atoms with E-state index in [1.807, 2.05) is 6.92 Å². The maximum absolute atomic E-state index is 12.2. The van der Waals surface area contributed by atoms with E-state index in [-0.39, 0.29) is 29.3 Å². The molecule has 2 rings (SSSR count). The topological polar surface area (TPSA) is 101 Å². The monoisotopic (exact) mass is 347 g/mol. The molecule has 1 amide bonds. The normalized spacial score (nSPS) is 17.2. The fourth-order valence-electron chi connectivity index (χ4n) is 1.77. The summed E-state index contributed by atoms with van der Waals surface area (Å²) in [5.74, 6) is -0.271. The van der Waals surface area contributed by atoms with Crippen LogP contribution in [0.25, 0.3) is 0 Å². The second kappa shape index (κ2) is 6.95. The molecule has 0 radical (unpaired) electrons. The van der Waals surface area contributed by atoms with Gasteiger partial charge in [0.1, 0.15) is 0 Å². The van der Waals surface area contributed by atoms with Gasteiger partial charge >= 0.3 is 0 Å². The second-order valence-corrected chi connectivity index (χ2v) is 7.28. The second-order valence-electron chi connectivity index (χ2n) is 5.57. The highest BCUT2D eigenvalue weighted by Crippen LogP contribution is 2.33. The van der Waals surface area contributed by atoms with Crippen molar-refractivity contribution in [3.63, 3.8) is 0 Å². The third kappa shape index (κ3) is 4.42.